The second kappa shape index (κ2) is 7.35. The lowest BCUT2D eigenvalue weighted by molar-refractivity contribution is 0.461. The van der Waals surface area contributed by atoms with Gasteiger partial charge in [0.25, 0.3) is 0 Å². The molecule has 1 aliphatic heterocycles. The summed E-state index contributed by atoms with van der Waals surface area (Å²) in [5.41, 5.74) is 0.798. The number of nitrogens with zero attached hydrogens (tertiary/aromatic N) is 4. The highest BCUT2D eigenvalue weighted by Gasteiger charge is 2.13. The Labute approximate surface area is 150 Å². The quantitative estimate of drug-likeness (QED) is 0.745. The van der Waals surface area contributed by atoms with Crippen LogP contribution < -0.4 is 15.0 Å². The summed E-state index contributed by atoms with van der Waals surface area (Å²) in [7, 11) is 0. The fourth-order valence-electron chi connectivity index (χ4n) is 2.80. The Morgan fingerprint density at radius 3 is 2.50 bits per heavy atom. The number of rotatable bonds is 5. The summed E-state index contributed by atoms with van der Waals surface area (Å²) >= 11 is 0. The van der Waals surface area contributed by atoms with Crippen LogP contribution >= 0.6 is 0 Å². The lowest BCUT2D eigenvalue weighted by Crippen LogP contribution is -2.18. The zero-order chi connectivity index (χ0) is 17.8. The van der Waals surface area contributed by atoms with Gasteiger partial charge in [0.1, 0.15) is 17.4 Å². The highest BCUT2D eigenvalue weighted by molar-refractivity contribution is 5.55. The van der Waals surface area contributed by atoms with Gasteiger partial charge >= 0.3 is 0 Å². The van der Waals surface area contributed by atoms with Crippen molar-refractivity contribution in [3.05, 3.63) is 60.7 Å². The van der Waals surface area contributed by atoms with E-state index in [0.717, 1.165) is 24.6 Å². The topological polar surface area (TPSA) is 63.2 Å². The molecule has 0 unspecified atom stereocenters. The molecule has 0 bridgehead atoms. The third-order valence-electron chi connectivity index (χ3n) is 4.10. The molecule has 1 saturated heterocycles. The van der Waals surface area contributed by atoms with Crippen LogP contribution in [0.3, 0.4) is 0 Å². The normalized spacial score (nSPS) is 13.7. The zero-order valence-electron chi connectivity index (χ0n) is 14.1. The van der Waals surface area contributed by atoms with E-state index in [9.17, 15) is 4.39 Å². The van der Waals surface area contributed by atoms with Gasteiger partial charge in [0, 0.05) is 25.4 Å². The second-order valence-electron chi connectivity index (χ2n) is 6.00. The molecule has 0 saturated carbocycles. The minimum absolute atomic E-state index is 0.313. The molecule has 6 nitrogen and oxygen atoms in total. The van der Waals surface area contributed by atoms with E-state index in [2.05, 4.69) is 25.2 Å². The van der Waals surface area contributed by atoms with Crippen LogP contribution in [0.4, 0.5) is 21.8 Å². The van der Waals surface area contributed by atoms with Gasteiger partial charge in [-0.15, -0.1) is 0 Å². The largest absolute Gasteiger partial charge is 0.439 e. The molecule has 0 amide bonds. The summed E-state index contributed by atoms with van der Waals surface area (Å²) in [6, 6.07) is 11.4. The monoisotopic (exact) mass is 351 g/mol. The minimum atomic E-state index is -0.313. The molecular weight excluding hydrogens is 333 g/mol. The Bertz CT molecular complexity index is 864. The molecule has 1 aromatic carbocycles. The van der Waals surface area contributed by atoms with Crippen molar-refractivity contribution in [2.45, 2.75) is 12.8 Å². The van der Waals surface area contributed by atoms with Gasteiger partial charge in [-0.1, -0.05) is 0 Å². The molecule has 1 aliphatic rings. The van der Waals surface area contributed by atoms with Gasteiger partial charge in [0.2, 0.25) is 11.8 Å². The average molecular weight is 351 g/mol. The fraction of sp³-hybridized carbons (Fsp3) is 0.211. The first-order valence-corrected chi connectivity index (χ1v) is 8.51. The van der Waals surface area contributed by atoms with Crippen LogP contribution in [0, 0.1) is 5.82 Å². The number of hydrogen-bond donors (Lipinski definition) is 1. The first kappa shape index (κ1) is 16.3. The second-order valence-corrected chi connectivity index (χ2v) is 6.00. The number of pyridine rings is 1. The predicted octanol–water partition coefficient (Wildman–Crippen LogP) is 4.15. The van der Waals surface area contributed by atoms with Crippen molar-refractivity contribution >= 4 is 17.5 Å². The highest BCUT2D eigenvalue weighted by atomic mass is 19.1. The summed E-state index contributed by atoms with van der Waals surface area (Å²) in [5, 5.41) is 3.11. The van der Waals surface area contributed by atoms with Crippen molar-refractivity contribution in [3.63, 3.8) is 0 Å². The molecule has 132 valence electrons. The van der Waals surface area contributed by atoms with E-state index in [4.69, 9.17) is 4.74 Å². The van der Waals surface area contributed by atoms with Gasteiger partial charge in [0.05, 0.1) is 11.9 Å². The Kier molecular flexibility index (Phi) is 4.59. The molecule has 1 N–H and O–H groups in total. The minimum Gasteiger partial charge on any atom is -0.439 e. The molecule has 0 radical (unpaired) electrons. The first-order chi connectivity index (χ1) is 12.8. The van der Waals surface area contributed by atoms with Crippen LogP contribution in [0.25, 0.3) is 0 Å². The SMILES string of the molecule is Fc1ccc(Oc2ccnc(Nc3ccc(N4CCCC4)nc3)n2)cc1. The molecule has 1 fully saturated rings. The third kappa shape index (κ3) is 3.88. The molecule has 26 heavy (non-hydrogen) atoms. The fourth-order valence-corrected chi connectivity index (χ4v) is 2.80. The maximum absolute atomic E-state index is 13.0. The van der Waals surface area contributed by atoms with Crippen LogP contribution in [0.5, 0.6) is 11.6 Å². The van der Waals surface area contributed by atoms with Gasteiger partial charge < -0.3 is 15.0 Å². The van der Waals surface area contributed by atoms with E-state index < -0.39 is 0 Å². The van der Waals surface area contributed by atoms with Gasteiger partial charge in [-0.2, -0.15) is 4.98 Å². The average Bonchev–Trinajstić information content (AvgIpc) is 3.19. The Morgan fingerprint density at radius 1 is 0.962 bits per heavy atom. The molecule has 7 heteroatoms. The van der Waals surface area contributed by atoms with Crippen LogP contribution in [0.2, 0.25) is 0 Å². The smallest absolute Gasteiger partial charge is 0.230 e. The summed E-state index contributed by atoms with van der Waals surface area (Å²) in [5.74, 6) is 1.96. The van der Waals surface area contributed by atoms with E-state index in [1.54, 1.807) is 30.6 Å². The number of aromatic nitrogens is 3. The van der Waals surface area contributed by atoms with E-state index in [1.807, 2.05) is 12.1 Å². The van der Waals surface area contributed by atoms with Gasteiger partial charge in [0.15, 0.2) is 0 Å². The lowest BCUT2D eigenvalue weighted by Gasteiger charge is -2.16. The summed E-state index contributed by atoms with van der Waals surface area (Å²) in [6.45, 7) is 2.12. The number of ether oxygens (including phenoxy) is 1. The Morgan fingerprint density at radius 2 is 1.77 bits per heavy atom. The van der Waals surface area contributed by atoms with Gasteiger partial charge in [-0.05, 0) is 49.2 Å². The van der Waals surface area contributed by atoms with E-state index in [0.29, 0.717) is 17.6 Å². The Hall–Kier alpha value is -3.22. The van der Waals surface area contributed by atoms with Crippen LogP contribution in [-0.2, 0) is 0 Å². The molecule has 0 atom stereocenters. The molecular formula is C19H18FN5O. The van der Waals surface area contributed by atoms with Crippen molar-refractivity contribution < 1.29 is 9.13 Å². The van der Waals surface area contributed by atoms with Crippen molar-refractivity contribution in [2.75, 3.05) is 23.3 Å². The molecule has 2 aromatic heterocycles. The maximum Gasteiger partial charge on any atom is 0.230 e. The molecule has 3 heterocycles. The van der Waals surface area contributed by atoms with Crippen molar-refractivity contribution in [1.82, 2.24) is 15.0 Å². The molecule has 3 aromatic rings. The van der Waals surface area contributed by atoms with Crippen molar-refractivity contribution in [3.8, 4) is 11.6 Å². The standard InChI is InChI=1S/C19H18FN5O/c20-14-3-6-16(7-4-14)26-18-9-10-21-19(24-18)23-15-5-8-17(22-13-15)25-11-1-2-12-25/h3-10,13H,1-2,11-12H2,(H,21,23,24). The van der Waals surface area contributed by atoms with Crippen molar-refractivity contribution in [1.29, 1.82) is 0 Å². The first-order valence-electron chi connectivity index (χ1n) is 8.51. The predicted molar refractivity (Wildman–Crippen MR) is 97.5 cm³/mol. The number of halogens is 1. The zero-order valence-corrected chi connectivity index (χ0v) is 14.1. The Balaban J connectivity index is 1.44. The van der Waals surface area contributed by atoms with Crippen LogP contribution in [0.15, 0.2) is 54.9 Å². The third-order valence-corrected chi connectivity index (χ3v) is 4.10. The van der Waals surface area contributed by atoms with Crippen LogP contribution in [0.1, 0.15) is 12.8 Å². The molecule has 0 spiro atoms. The number of hydrogen-bond acceptors (Lipinski definition) is 6. The van der Waals surface area contributed by atoms with E-state index in [-0.39, 0.29) is 5.82 Å². The maximum atomic E-state index is 13.0. The van der Waals surface area contributed by atoms with E-state index in [1.165, 1.54) is 25.0 Å². The molecule has 0 aliphatic carbocycles. The number of nitrogens with one attached hydrogen (secondary N) is 1. The molecule has 4 rings (SSSR count). The number of benzene rings is 1. The summed E-state index contributed by atoms with van der Waals surface area (Å²) < 4.78 is 18.6. The highest BCUT2D eigenvalue weighted by Crippen LogP contribution is 2.23. The van der Waals surface area contributed by atoms with Gasteiger partial charge in [-0.3, -0.25) is 0 Å². The lowest BCUT2D eigenvalue weighted by atomic mass is 10.3. The van der Waals surface area contributed by atoms with Crippen LogP contribution in [-0.4, -0.2) is 28.0 Å². The van der Waals surface area contributed by atoms with E-state index >= 15 is 0 Å². The summed E-state index contributed by atoms with van der Waals surface area (Å²) in [6.07, 6.45) is 5.80. The van der Waals surface area contributed by atoms with Gasteiger partial charge in [-0.25, -0.2) is 14.4 Å². The summed E-state index contributed by atoms with van der Waals surface area (Å²) in [4.78, 5) is 15.3. The number of anilines is 3. The van der Waals surface area contributed by atoms with Crippen molar-refractivity contribution in [2.24, 2.45) is 0 Å².